The number of aliphatic hydroxyl groups is 1. The number of hydrogen-bond acceptors (Lipinski definition) is 4. The van der Waals surface area contributed by atoms with Gasteiger partial charge in [-0.05, 0) is 43.7 Å². The number of ether oxygens (including phenoxy) is 1. The lowest BCUT2D eigenvalue weighted by Crippen LogP contribution is -2.39. The molecule has 7 heteroatoms. The van der Waals surface area contributed by atoms with Crippen LogP contribution in [0.2, 0.25) is 0 Å². The Bertz CT molecular complexity index is 750. The lowest BCUT2D eigenvalue weighted by atomic mass is 10.0. The molecule has 1 atom stereocenters. The van der Waals surface area contributed by atoms with E-state index >= 15 is 0 Å². The number of nitrogens with one attached hydrogen (secondary N) is 2. The average Bonchev–Trinajstić information content (AvgIpc) is 3.27. The number of guanidine groups is 1. The maximum Gasteiger partial charge on any atom is 0.213 e. The van der Waals surface area contributed by atoms with Gasteiger partial charge in [-0.1, -0.05) is 36.4 Å². The van der Waals surface area contributed by atoms with Crippen molar-refractivity contribution in [3.63, 3.8) is 0 Å². The summed E-state index contributed by atoms with van der Waals surface area (Å²) in [6.45, 7) is 4.03. The molecule has 0 aliphatic heterocycles. The molecule has 0 spiro atoms. The predicted molar refractivity (Wildman–Crippen MR) is 132 cm³/mol. The molecular formula is C23H33IN4O2. The molecule has 1 aromatic heterocycles. The normalized spacial score (nSPS) is 15.3. The molecule has 1 aromatic carbocycles. The minimum absolute atomic E-state index is 0. The van der Waals surface area contributed by atoms with Gasteiger partial charge in [-0.15, -0.1) is 24.0 Å². The Balaban J connectivity index is 0.00000320. The highest BCUT2D eigenvalue weighted by atomic mass is 127. The third-order valence-corrected chi connectivity index (χ3v) is 5.16. The van der Waals surface area contributed by atoms with Gasteiger partial charge in [0.15, 0.2) is 5.96 Å². The molecule has 3 N–H and O–H groups in total. The fraction of sp³-hybridized carbons (Fsp3) is 0.478. The number of halogens is 1. The molecule has 3 rings (SSSR count). The second kappa shape index (κ2) is 13.4. The highest BCUT2D eigenvalue weighted by Gasteiger charge is 2.16. The summed E-state index contributed by atoms with van der Waals surface area (Å²) < 4.78 is 5.92. The van der Waals surface area contributed by atoms with Gasteiger partial charge in [0.05, 0.1) is 13.2 Å². The topological polar surface area (TPSA) is 78.8 Å². The largest absolute Gasteiger partial charge is 0.474 e. The fourth-order valence-corrected chi connectivity index (χ4v) is 3.50. The first kappa shape index (κ1) is 24.4. The predicted octanol–water partition coefficient (Wildman–Crippen LogP) is 3.85. The molecule has 1 aliphatic carbocycles. The molecule has 1 aliphatic rings. The highest BCUT2D eigenvalue weighted by Crippen LogP contribution is 2.23. The lowest BCUT2D eigenvalue weighted by molar-refractivity contribution is 0.201. The van der Waals surface area contributed by atoms with Crippen LogP contribution < -0.4 is 15.4 Å². The Hall–Kier alpha value is -1.87. The molecule has 0 amide bonds. The van der Waals surface area contributed by atoms with E-state index < -0.39 is 0 Å². The minimum Gasteiger partial charge on any atom is -0.474 e. The summed E-state index contributed by atoms with van der Waals surface area (Å²) in [5.74, 6) is 1.45. The number of rotatable bonds is 9. The summed E-state index contributed by atoms with van der Waals surface area (Å²) >= 11 is 0. The number of hydrogen-bond donors (Lipinski definition) is 3. The first-order chi connectivity index (χ1) is 14.3. The van der Waals surface area contributed by atoms with E-state index in [1.807, 2.05) is 55.6 Å². The van der Waals surface area contributed by atoms with E-state index in [0.29, 0.717) is 25.1 Å². The second-order valence-corrected chi connectivity index (χ2v) is 7.40. The molecule has 0 saturated heterocycles. The first-order valence-electron chi connectivity index (χ1n) is 10.6. The van der Waals surface area contributed by atoms with Gasteiger partial charge in [0.25, 0.3) is 0 Å². The zero-order valence-corrected chi connectivity index (χ0v) is 19.9. The van der Waals surface area contributed by atoms with Crippen molar-refractivity contribution < 1.29 is 9.84 Å². The maximum absolute atomic E-state index is 9.74. The van der Waals surface area contributed by atoms with E-state index in [4.69, 9.17) is 4.74 Å². The second-order valence-electron chi connectivity index (χ2n) is 7.40. The van der Waals surface area contributed by atoms with Gasteiger partial charge in [-0.25, -0.2) is 9.98 Å². The van der Waals surface area contributed by atoms with Gasteiger partial charge in [-0.3, -0.25) is 0 Å². The molecule has 1 heterocycles. The zero-order chi connectivity index (χ0) is 20.3. The molecule has 30 heavy (non-hydrogen) atoms. The smallest absolute Gasteiger partial charge is 0.213 e. The van der Waals surface area contributed by atoms with Crippen LogP contribution in [-0.4, -0.2) is 41.9 Å². The number of aromatic nitrogens is 1. The standard InChI is InChI=1S/C23H32N4O2.HI/c1-2-24-23(27-16-20(17-28)19-8-4-3-5-9-19)26-15-18-12-13-22(25-14-18)29-21-10-6-7-11-21;/h3-5,8-9,12-14,20-21,28H,2,6-7,10-11,15-17H2,1H3,(H2,24,26,27);1H. The molecule has 0 bridgehead atoms. The van der Waals surface area contributed by atoms with Crippen LogP contribution in [0.4, 0.5) is 0 Å². The Labute approximate surface area is 196 Å². The summed E-state index contributed by atoms with van der Waals surface area (Å²) in [5, 5.41) is 16.3. The number of pyridine rings is 1. The van der Waals surface area contributed by atoms with Crippen LogP contribution in [0.3, 0.4) is 0 Å². The molecule has 164 valence electrons. The van der Waals surface area contributed by atoms with E-state index in [2.05, 4.69) is 20.6 Å². The van der Waals surface area contributed by atoms with Crippen LogP contribution in [0.1, 0.15) is 49.7 Å². The van der Waals surface area contributed by atoms with E-state index in [1.165, 1.54) is 12.8 Å². The average molecular weight is 524 g/mol. The summed E-state index contributed by atoms with van der Waals surface area (Å²) in [6.07, 6.45) is 6.91. The third kappa shape index (κ3) is 7.75. The SMILES string of the molecule is CCNC(=NCc1ccc(OC2CCCC2)nc1)NCC(CO)c1ccccc1.I. The van der Waals surface area contributed by atoms with E-state index in [0.717, 1.165) is 36.5 Å². The Morgan fingerprint density at radius 2 is 1.93 bits per heavy atom. The quantitative estimate of drug-likeness (QED) is 0.264. The van der Waals surface area contributed by atoms with E-state index in [1.54, 1.807) is 0 Å². The van der Waals surface area contributed by atoms with Gasteiger partial charge in [0.1, 0.15) is 6.10 Å². The van der Waals surface area contributed by atoms with Crippen molar-refractivity contribution in [3.05, 3.63) is 59.8 Å². The molecule has 1 saturated carbocycles. The number of nitrogens with zero attached hydrogens (tertiary/aromatic N) is 2. The van der Waals surface area contributed by atoms with Gasteiger partial charge in [-0.2, -0.15) is 0 Å². The lowest BCUT2D eigenvalue weighted by Gasteiger charge is -2.18. The number of aliphatic hydroxyl groups excluding tert-OH is 1. The van der Waals surface area contributed by atoms with Crippen LogP contribution in [0.15, 0.2) is 53.7 Å². The van der Waals surface area contributed by atoms with Gasteiger partial charge in [0, 0.05) is 31.3 Å². The molecule has 1 unspecified atom stereocenters. The number of benzene rings is 1. The Kier molecular flexibility index (Phi) is 10.9. The van der Waals surface area contributed by atoms with Crippen LogP contribution in [-0.2, 0) is 6.54 Å². The van der Waals surface area contributed by atoms with E-state index in [9.17, 15) is 5.11 Å². The minimum atomic E-state index is 0. The van der Waals surface area contributed by atoms with Crippen LogP contribution >= 0.6 is 24.0 Å². The first-order valence-corrected chi connectivity index (χ1v) is 10.6. The molecule has 1 fully saturated rings. The van der Waals surface area contributed by atoms with Crippen molar-refractivity contribution in [1.29, 1.82) is 0 Å². The molecule has 2 aromatic rings. The van der Waals surface area contributed by atoms with Crippen molar-refractivity contribution in [2.75, 3.05) is 19.7 Å². The van der Waals surface area contributed by atoms with Crippen LogP contribution in [0.25, 0.3) is 0 Å². The van der Waals surface area contributed by atoms with Crippen molar-refractivity contribution in [3.8, 4) is 5.88 Å². The van der Waals surface area contributed by atoms with Crippen molar-refractivity contribution in [2.45, 2.75) is 51.2 Å². The summed E-state index contributed by atoms with van der Waals surface area (Å²) in [5.41, 5.74) is 2.14. The molecule has 6 nitrogen and oxygen atoms in total. The number of aliphatic imine (C=N–C) groups is 1. The zero-order valence-electron chi connectivity index (χ0n) is 17.6. The third-order valence-electron chi connectivity index (χ3n) is 5.16. The van der Waals surface area contributed by atoms with Crippen molar-refractivity contribution in [1.82, 2.24) is 15.6 Å². The van der Waals surface area contributed by atoms with Gasteiger partial charge < -0.3 is 20.5 Å². The van der Waals surface area contributed by atoms with Crippen molar-refractivity contribution >= 4 is 29.9 Å². The summed E-state index contributed by atoms with van der Waals surface area (Å²) in [7, 11) is 0. The fourth-order valence-electron chi connectivity index (χ4n) is 3.50. The van der Waals surface area contributed by atoms with Gasteiger partial charge in [0.2, 0.25) is 5.88 Å². The van der Waals surface area contributed by atoms with Crippen LogP contribution in [0, 0.1) is 0 Å². The molecule has 0 radical (unpaired) electrons. The summed E-state index contributed by atoms with van der Waals surface area (Å²) in [4.78, 5) is 9.08. The van der Waals surface area contributed by atoms with Crippen molar-refractivity contribution in [2.24, 2.45) is 4.99 Å². The maximum atomic E-state index is 9.74. The molecular weight excluding hydrogens is 491 g/mol. The Morgan fingerprint density at radius 3 is 2.57 bits per heavy atom. The van der Waals surface area contributed by atoms with Gasteiger partial charge >= 0.3 is 0 Å². The van der Waals surface area contributed by atoms with E-state index in [-0.39, 0.29) is 36.5 Å². The monoisotopic (exact) mass is 524 g/mol. The highest BCUT2D eigenvalue weighted by molar-refractivity contribution is 14.0. The summed E-state index contributed by atoms with van der Waals surface area (Å²) in [6, 6.07) is 14.0. The van der Waals surface area contributed by atoms with Crippen LogP contribution in [0.5, 0.6) is 5.88 Å². The Morgan fingerprint density at radius 1 is 1.17 bits per heavy atom.